The van der Waals surface area contributed by atoms with Crippen molar-refractivity contribution in [3.63, 3.8) is 0 Å². The Morgan fingerprint density at radius 2 is 1.96 bits per heavy atom. The van der Waals surface area contributed by atoms with Gasteiger partial charge in [0.15, 0.2) is 0 Å². The summed E-state index contributed by atoms with van der Waals surface area (Å²) in [5, 5.41) is 11.8. The zero-order chi connectivity index (χ0) is 16.4. The van der Waals surface area contributed by atoms with Gasteiger partial charge >= 0.3 is 0 Å². The van der Waals surface area contributed by atoms with Crippen molar-refractivity contribution < 1.29 is 4.92 Å². The molecule has 1 aromatic heterocycles. The van der Waals surface area contributed by atoms with E-state index in [-0.39, 0.29) is 10.7 Å². The molecule has 0 aliphatic rings. The molecule has 0 N–H and O–H groups in total. The van der Waals surface area contributed by atoms with Crippen LogP contribution in [-0.2, 0) is 6.54 Å². The lowest BCUT2D eigenvalue weighted by molar-refractivity contribution is -0.384. The van der Waals surface area contributed by atoms with Gasteiger partial charge < -0.3 is 4.90 Å². The first-order valence-electron chi connectivity index (χ1n) is 6.90. The fourth-order valence-electron chi connectivity index (χ4n) is 2.43. The zero-order valence-electron chi connectivity index (χ0n) is 12.3. The Labute approximate surface area is 137 Å². The number of hydrogen-bond donors (Lipinski definition) is 0. The molecule has 0 aliphatic heterocycles. The van der Waals surface area contributed by atoms with Crippen molar-refractivity contribution in [2.45, 2.75) is 6.54 Å². The van der Waals surface area contributed by atoms with E-state index >= 15 is 0 Å². The van der Waals surface area contributed by atoms with E-state index in [1.165, 1.54) is 18.5 Å². The van der Waals surface area contributed by atoms with Crippen molar-refractivity contribution >= 4 is 34.0 Å². The molecule has 7 heteroatoms. The summed E-state index contributed by atoms with van der Waals surface area (Å²) in [5.74, 6) is 0.624. The molecule has 0 unspecified atom stereocenters. The van der Waals surface area contributed by atoms with Gasteiger partial charge in [-0.2, -0.15) is 0 Å². The molecule has 3 aromatic rings. The molecule has 0 saturated heterocycles. The summed E-state index contributed by atoms with van der Waals surface area (Å²) in [7, 11) is 1.88. The third-order valence-corrected chi connectivity index (χ3v) is 3.81. The minimum Gasteiger partial charge on any atom is -0.355 e. The van der Waals surface area contributed by atoms with Crippen molar-refractivity contribution in [3.05, 3.63) is 69.5 Å². The van der Waals surface area contributed by atoms with Gasteiger partial charge in [-0.1, -0.05) is 41.9 Å². The Morgan fingerprint density at radius 3 is 2.65 bits per heavy atom. The molecule has 3 rings (SSSR count). The van der Waals surface area contributed by atoms with E-state index in [1.807, 2.05) is 42.3 Å². The van der Waals surface area contributed by atoms with Crippen LogP contribution in [0.15, 0.2) is 48.8 Å². The quantitative estimate of drug-likeness (QED) is 0.537. The smallest absolute Gasteiger partial charge is 0.288 e. The SMILES string of the molecule is CN(Cc1ccccc1)c1ncnc2cc(Cl)c([N+](=O)[O-])cc12. The highest BCUT2D eigenvalue weighted by Gasteiger charge is 2.17. The maximum atomic E-state index is 11.1. The fraction of sp³-hybridized carbons (Fsp3) is 0.125. The molecule has 0 radical (unpaired) electrons. The lowest BCUT2D eigenvalue weighted by atomic mass is 10.2. The molecule has 1 heterocycles. The van der Waals surface area contributed by atoms with Crippen molar-refractivity contribution in [2.75, 3.05) is 11.9 Å². The fourth-order valence-corrected chi connectivity index (χ4v) is 2.66. The Hall–Kier alpha value is -2.73. The minimum atomic E-state index is -0.504. The van der Waals surface area contributed by atoms with Gasteiger partial charge in [-0.25, -0.2) is 9.97 Å². The molecule has 0 atom stereocenters. The second kappa shape index (κ2) is 6.18. The van der Waals surface area contributed by atoms with Crippen LogP contribution in [0.1, 0.15) is 5.56 Å². The molecule has 6 nitrogen and oxygen atoms in total. The monoisotopic (exact) mass is 328 g/mol. The summed E-state index contributed by atoms with van der Waals surface area (Å²) in [6.45, 7) is 0.628. The van der Waals surface area contributed by atoms with E-state index < -0.39 is 4.92 Å². The number of hydrogen-bond acceptors (Lipinski definition) is 5. The van der Waals surface area contributed by atoms with E-state index in [2.05, 4.69) is 9.97 Å². The summed E-state index contributed by atoms with van der Waals surface area (Å²) >= 11 is 5.94. The van der Waals surface area contributed by atoms with Crippen LogP contribution in [0, 0.1) is 10.1 Å². The number of anilines is 1. The molecule has 0 amide bonds. The maximum absolute atomic E-state index is 11.1. The van der Waals surface area contributed by atoms with Gasteiger partial charge in [-0.3, -0.25) is 10.1 Å². The number of nitro groups is 1. The van der Waals surface area contributed by atoms with Crippen molar-refractivity contribution in [2.24, 2.45) is 0 Å². The Morgan fingerprint density at radius 1 is 1.22 bits per heavy atom. The first-order chi connectivity index (χ1) is 11.1. The van der Waals surface area contributed by atoms with Gasteiger partial charge in [0.1, 0.15) is 17.2 Å². The second-order valence-corrected chi connectivity index (χ2v) is 5.52. The van der Waals surface area contributed by atoms with Crippen molar-refractivity contribution in [1.29, 1.82) is 0 Å². The van der Waals surface area contributed by atoms with E-state index in [0.29, 0.717) is 23.3 Å². The van der Waals surface area contributed by atoms with Crippen LogP contribution < -0.4 is 4.90 Å². The zero-order valence-corrected chi connectivity index (χ0v) is 13.1. The van der Waals surface area contributed by atoms with Gasteiger partial charge in [-0.15, -0.1) is 0 Å². The molecule has 23 heavy (non-hydrogen) atoms. The maximum Gasteiger partial charge on any atom is 0.288 e. The van der Waals surface area contributed by atoms with Gasteiger partial charge in [0.25, 0.3) is 5.69 Å². The number of halogens is 1. The molecule has 116 valence electrons. The van der Waals surface area contributed by atoms with Crippen LogP contribution in [-0.4, -0.2) is 21.9 Å². The van der Waals surface area contributed by atoms with Crippen LogP contribution >= 0.6 is 11.6 Å². The molecule has 0 saturated carbocycles. The lowest BCUT2D eigenvalue weighted by Crippen LogP contribution is -2.18. The molecule has 0 aliphatic carbocycles. The summed E-state index contributed by atoms with van der Waals surface area (Å²) in [5.41, 5.74) is 1.54. The lowest BCUT2D eigenvalue weighted by Gasteiger charge is -2.19. The largest absolute Gasteiger partial charge is 0.355 e. The highest BCUT2D eigenvalue weighted by Crippen LogP contribution is 2.32. The van der Waals surface area contributed by atoms with Crippen molar-refractivity contribution in [1.82, 2.24) is 9.97 Å². The van der Waals surface area contributed by atoms with Crippen LogP contribution in [0.3, 0.4) is 0 Å². The standard InChI is InChI=1S/C16H13ClN4O2/c1-20(9-11-5-3-2-4-6-11)16-12-7-15(21(22)23)13(17)8-14(12)18-10-19-16/h2-8,10H,9H2,1H3. The molecular formula is C16H13ClN4O2. The summed E-state index contributed by atoms with van der Waals surface area (Å²) in [4.78, 5) is 21.0. The normalized spacial score (nSPS) is 10.7. The Bertz CT molecular complexity index is 871. The van der Waals surface area contributed by atoms with Gasteiger partial charge in [0.2, 0.25) is 0 Å². The van der Waals surface area contributed by atoms with Gasteiger partial charge in [0, 0.05) is 25.0 Å². The van der Waals surface area contributed by atoms with Gasteiger partial charge in [-0.05, 0) is 11.6 Å². The number of nitrogens with zero attached hydrogens (tertiary/aromatic N) is 4. The van der Waals surface area contributed by atoms with Crippen LogP contribution in [0.25, 0.3) is 10.9 Å². The van der Waals surface area contributed by atoms with Crippen molar-refractivity contribution in [3.8, 4) is 0 Å². The van der Waals surface area contributed by atoms with Gasteiger partial charge in [0.05, 0.1) is 10.4 Å². The Kier molecular flexibility index (Phi) is 4.08. The molecule has 0 bridgehead atoms. The second-order valence-electron chi connectivity index (χ2n) is 5.12. The predicted molar refractivity (Wildman–Crippen MR) is 89.8 cm³/mol. The molecule has 0 fully saturated rings. The third kappa shape index (κ3) is 3.07. The minimum absolute atomic E-state index is 0.0675. The van der Waals surface area contributed by atoms with Crippen LogP contribution in [0.4, 0.5) is 11.5 Å². The average Bonchev–Trinajstić information content (AvgIpc) is 2.54. The molecule has 0 spiro atoms. The Balaban J connectivity index is 2.06. The summed E-state index contributed by atoms with van der Waals surface area (Å²) in [6.07, 6.45) is 1.43. The summed E-state index contributed by atoms with van der Waals surface area (Å²) < 4.78 is 0. The predicted octanol–water partition coefficient (Wildman–Crippen LogP) is 3.83. The number of fused-ring (bicyclic) bond motifs is 1. The average molecular weight is 329 g/mol. The number of nitro benzene ring substituents is 1. The van der Waals surface area contributed by atoms with Crippen LogP contribution in [0.2, 0.25) is 5.02 Å². The number of rotatable bonds is 4. The summed E-state index contributed by atoms with van der Waals surface area (Å²) in [6, 6.07) is 12.8. The number of benzene rings is 2. The van der Waals surface area contributed by atoms with Crippen LogP contribution in [0.5, 0.6) is 0 Å². The highest BCUT2D eigenvalue weighted by atomic mass is 35.5. The van der Waals surface area contributed by atoms with E-state index in [1.54, 1.807) is 0 Å². The first kappa shape index (κ1) is 15.2. The van der Waals surface area contributed by atoms with E-state index in [9.17, 15) is 10.1 Å². The van der Waals surface area contributed by atoms with E-state index in [0.717, 1.165) is 5.56 Å². The van der Waals surface area contributed by atoms with E-state index in [4.69, 9.17) is 11.6 Å². The molecule has 2 aromatic carbocycles. The molecular weight excluding hydrogens is 316 g/mol. The topological polar surface area (TPSA) is 72.2 Å². The first-order valence-corrected chi connectivity index (χ1v) is 7.28. The third-order valence-electron chi connectivity index (χ3n) is 3.50. The number of aromatic nitrogens is 2. The highest BCUT2D eigenvalue weighted by molar-refractivity contribution is 6.33.